The number of carboxylic acids is 1. The van der Waals surface area contributed by atoms with Gasteiger partial charge in [-0.25, -0.2) is 0 Å². The molecule has 1 aliphatic rings. The van der Waals surface area contributed by atoms with Crippen LogP contribution < -0.4 is 10.1 Å². The zero-order valence-electron chi connectivity index (χ0n) is 14.9. The molecule has 1 aliphatic carbocycles. The summed E-state index contributed by atoms with van der Waals surface area (Å²) in [5, 5.41) is 12.4. The van der Waals surface area contributed by atoms with Gasteiger partial charge in [0.15, 0.2) is 5.78 Å². The zero-order chi connectivity index (χ0) is 18.6. The minimum absolute atomic E-state index is 0.0340. The lowest BCUT2D eigenvalue weighted by atomic mass is 9.74. The first-order valence-corrected chi connectivity index (χ1v) is 8.48. The number of ketones is 1. The Morgan fingerprint density at radius 2 is 2.04 bits per heavy atom. The summed E-state index contributed by atoms with van der Waals surface area (Å²) in [4.78, 5) is 35.6. The van der Waals surface area contributed by atoms with E-state index in [1.54, 1.807) is 25.1 Å². The summed E-state index contributed by atoms with van der Waals surface area (Å²) in [7, 11) is 1.51. The average Bonchev–Trinajstić information content (AvgIpc) is 2.54. The molecule has 2 rings (SSSR count). The van der Waals surface area contributed by atoms with Gasteiger partial charge in [-0.3, -0.25) is 14.4 Å². The van der Waals surface area contributed by atoms with E-state index in [1.165, 1.54) is 14.0 Å². The Labute approximate surface area is 147 Å². The van der Waals surface area contributed by atoms with Crippen LogP contribution in [-0.2, 0) is 16.0 Å². The number of carbonyl (C=O) groups is 3. The van der Waals surface area contributed by atoms with Gasteiger partial charge in [-0.1, -0.05) is 12.8 Å². The van der Waals surface area contributed by atoms with E-state index in [2.05, 4.69) is 5.32 Å². The fourth-order valence-corrected chi connectivity index (χ4v) is 3.55. The van der Waals surface area contributed by atoms with Crippen LogP contribution in [0.15, 0.2) is 18.2 Å². The van der Waals surface area contributed by atoms with Gasteiger partial charge in [-0.2, -0.15) is 0 Å². The van der Waals surface area contributed by atoms with Gasteiger partial charge in [0.2, 0.25) is 5.91 Å². The molecule has 2 N–H and O–H groups in total. The van der Waals surface area contributed by atoms with Gasteiger partial charge < -0.3 is 15.2 Å². The molecule has 0 saturated heterocycles. The fourth-order valence-electron chi connectivity index (χ4n) is 3.55. The van der Waals surface area contributed by atoms with E-state index in [0.29, 0.717) is 29.7 Å². The highest BCUT2D eigenvalue weighted by Crippen LogP contribution is 2.34. The van der Waals surface area contributed by atoms with Gasteiger partial charge in [0.05, 0.1) is 25.0 Å². The summed E-state index contributed by atoms with van der Waals surface area (Å²) in [6.07, 6.45) is 2.99. The number of Topliss-reactive ketones (excluding diaryl/α,β-unsaturated/α-hetero) is 1. The van der Waals surface area contributed by atoms with Crippen molar-refractivity contribution in [3.63, 3.8) is 0 Å². The molecule has 1 amide bonds. The molecule has 1 saturated carbocycles. The molecule has 25 heavy (non-hydrogen) atoms. The van der Waals surface area contributed by atoms with Gasteiger partial charge in [-0.15, -0.1) is 0 Å². The predicted molar refractivity (Wildman–Crippen MR) is 92.8 cm³/mol. The van der Waals surface area contributed by atoms with Crippen molar-refractivity contribution in [1.29, 1.82) is 0 Å². The number of hydrogen-bond acceptors (Lipinski definition) is 4. The Kier molecular flexibility index (Phi) is 5.82. The smallest absolute Gasteiger partial charge is 0.308 e. The van der Waals surface area contributed by atoms with Crippen molar-refractivity contribution >= 4 is 17.7 Å². The van der Waals surface area contributed by atoms with Crippen LogP contribution in [0.1, 0.15) is 55.5 Å². The average molecular weight is 347 g/mol. The molecule has 2 atom stereocenters. The van der Waals surface area contributed by atoms with E-state index in [4.69, 9.17) is 4.74 Å². The number of hydrogen-bond donors (Lipinski definition) is 2. The molecule has 1 aromatic carbocycles. The molecular formula is C19H25NO5. The number of methoxy groups -OCH3 is 1. The maximum absolute atomic E-state index is 12.6. The van der Waals surface area contributed by atoms with Gasteiger partial charge in [0.25, 0.3) is 0 Å². The van der Waals surface area contributed by atoms with Gasteiger partial charge in [0.1, 0.15) is 5.75 Å². The van der Waals surface area contributed by atoms with Crippen LogP contribution in [0.5, 0.6) is 5.75 Å². The van der Waals surface area contributed by atoms with E-state index in [-0.39, 0.29) is 18.1 Å². The minimum atomic E-state index is -0.876. The van der Waals surface area contributed by atoms with Crippen LogP contribution in [0.4, 0.5) is 0 Å². The third kappa shape index (κ3) is 4.38. The molecule has 0 spiro atoms. The Morgan fingerprint density at radius 1 is 1.32 bits per heavy atom. The monoisotopic (exact) mass is 347 g/mol. The Bertz CT molecular complexity index is 684. The molecule has 0 aliphatic heterocycles. The van der Waals surface area contributed by atoms with Crippen molar-refractivity contribution in [1.82, 2.24) is 5.32 Å². The molecule has 0 aromatic heterocycles. The number of carboxylic acid groups (broad SMARTS) is 1. The number of benzene rings is 1. The molecular weight excluding hydrogens is 322 g/mol. The van der Waals surface area contributed by atoms with Gasteiger partial charge in [-0.05, 0) is 44.9 Å². The lowest BCUT2D eigenvalue weighted by Gasteiger charge is -2.39. The number of carbonyl (C=O) groups excluding carboxylic acids is 2. The number of amides is 1. The Hall–Kier alpha value is -2.37. The first-order chi connectivity index (χ1) is 11.8. The van der Waals surface area contributed by atoms with Crippen LogP contribution in [-0.4, -0.2) is 35.4 Å². The summed E-state index contributed by atoms with van der Waals surface area (Å²) in [5.41, 5.74) is 0.363. The quantitative estimate of drug-likeness (QED) is 0.772. The topological polar surface area (TPSA) is 92.7 Å². The molecule has 2 unspecified atom stereocenters. The third-order valence-corrected chi connectivity index (χ3v) is 4.97. The second-order valence-electron chi connectivity index (χ2n) is 6.86. The molecule has 0 radical (unpaired) electrons. The summed E-state index contributed by atoms with van der Waals surface area (Å²) < 4.78 is 5.27. The van der Waals surface area contributed by atoms with Crippen molar-refractivity contribution in [2.45, 2.75) is 51.5 Å². The molecule has 136 valence electrons. The van der Waals surface area contributed by atoms with E-state index >= 15 is 0 Å². The number of rotatable bonds is 6. The van der Waals surface area contributed by atoms with Crippen LogP contribution >= 0.6 is 0 Å². The maximum Gasteiger partial charge on any atom is 0.308 e. The highest BCUT2D eigenvalue weighted by molar-refractivity contribution is 5.94. The van der Waals surface area contributed by atoms with E-state index in [1.807, 2.05) is 0 Å². The minimum Gasteiger partial charge on any atom is -0.496 e. The normalized spacial score (nSPS) is 22.9. The van der Waals surface area contributed by atoms with Crippen LogP contribution in [0.2, 0.25) is 0 Å². The van der Waals surface area contributed by atoms with E-state index in [9.17, 15) is 19.5 Å². The highest BCUT2D eigenvalue weighted by Gasteiger charge is 2.42. The van der Waals surface area contributed by atoms with E-state index < -0.39 is 17.4 Å². The molecule has 1 aromatic rings. The number of aliphatic carboxylic acids is 1. The third-order valence-electron chi connectivity index (χ3n) is 4.97. The molecule has 6 nitrogen and oxygen atoms in total. The van der Waals surface area contributed by atoms with Crippen molar-refractivity contribution in [3.8, 4) is 5.75 Å². The zero-order valence-corrected chi connectivity index (χ0v) is 14.9. The van der Waals surface area contributed by atoms with Gasteiger partial charge in [0, 0.05) is 11.1 Å². The number of nitrogens with one attached hydrogen (secondary N) is 1. The van der Waals surface area contributed by atoms with Crippen molar-refractivity contribution in [2.75, 3.05) is 7.11 Å². The highest BCUT2D eigenvalue weighted by atomic mass is 16.5. The number of ether oxygens (including phenoxy) is 1. The molecule has 0 heterocycles. The van der Waals surface area contributed by atoms with Crippen LogP contribution in [0, 0.1) is 5.92 Å². The summed E-state index contributed by atoms with van der Waals surface area (Å²) in [5.74, 6) is -1.29. The van der Waals surface area contributed by atoms with Crippen molar-refractivity contribution in [3.05, 3.63) is 29.3 Å². The Balaban J connectivity index is 2.17. The first kappa shape index (κ1) is 19.0. The standard InChI is InChI=1S/C19H25NO5/c1-12(21)13-7-8-16(25-3)14(10-13)11-17(22)20-19(2)9-5-4-6-15(19)18(23)24/h7-8,10,15H,4-6,9,11H2,1-3H3,(H,20,22)(H,23,24). The largest absolute Gasteiger partial charge is 0.496 e. The predicted octanol–water partition coefficient (Wildman–Crippen LogP) is 2.59. The van der Waals surface area contributed by atoms with Crippen molar-refractivity contribution < 1.29 is 24.2 Å². The lowest BCUT2D eigenvalue weighted by molar-refractivity contribution is -0.146. The Morgan fingerprint density at radius 3 is 2.64 bits per heavy atom. The second-order valence-corrected chi connectivity index (χ2v) is 6.86. The van der Waals surface area contributed by atoms with Crippen LogP contribution in [0.25, 0.3) is 0 Å². The summed E-state index contributed by atoms with van der Waals surface area (Å²) >= 11 is 0. The fraction of sp³-hybridized carbons (Fsp3) is 0.526. The van der Waals surface area contributed by atoms with Crippen LogP contribution in [0.3, 0.4) is 0 Å². The van der Waals surface area contributed by atoms with E-state index in [0.717, 1.165) is 12.8 Å². The second kappa shape index (κ2) is 7.68. The lowest BCUT2D eigenvalue weighted by Crippen LogP contribution is -2.55. The van der Waals surface area contributed by atoms with Gasteiger partial charge >= 0.3 is 5.97 Å². The maximum atomic E-state index is 12.6. The molecule has 6 heteroatoms. The summed E-state index contributed by atoms with van der Waals surface area (Å²) in [6, 6.07) is 4.98. The van der Waals surface area contributed by atoms with Crippen molar-refractivity contribution in [2.24, 2.45) is 5.92 Å². The molecule has 1 fully saturated rings. The first-order valence-electron chi connectivity index (χ1n) is 8.48. The summed E-state index contributed by atoms with van der Waals surface area (Å²) in [6.45, 7) is 3.26. The SMILES string of the molecule is COc1ccc(C(C)=O)cc1CC(=O)NC1(C)CCCCC1C(=O)O. The molecule has 0 bridgehead atoms.